The standard InChI is InChI=1S/C26H19Cl2N5O4/c27-16-5-1-14(2-6-16)20-11-19(32-33(20)21(34)9-10-22(35)36)24-23(15-3-7-17(28)8-4-15)18-12-29-13-30-25(18)31-26(24)37/h1-8,12-13,20H,9-11H2,(H,35,36)(H,29,30,31,37)/t20-/m0/s1. The van der Waals surface area contributed by atoms with Crippen LogP contribution in [-0.2, 0) is 9.59 Å². The van der Waals surface area contributed by atoms with Crippen molar-refractivity contribution in [3.63, 3.8) is 0 Å². The van der Waals surface area contributed by atoms with Crippen molar-refractivity contribution in [2.24, 2.45) is 5.10 Å². The summed E-state index contributed by atoms with van der Waals surface area (Å²) in [7, 11) is 0. The van der Waals surface area contributed by atoms with E-state index >= 15 is 0 Å². The van der Waals surface area contributed by atoms with E-state index in [4.69, 9.17) is 28.3 Å². The van der Waals surface area contributed by atoms with Crippen LogP contribution in [0.15, 0.2) is 71.0 Å². The third kappa shape index (κ3) is 4.96. The van der Waals surface area contributed by atoms with Gasteiger partial charge in [0.2, 0.25) is 5.91 Å². The summed E-state index contributed by atoms with van der Waals surface area (Å²) in [5.41, 5.74) is 2.59. The molecular weight excluding hydrogens is 517 g/mol. The monoisotopic (exact) mass is 535 g/mol. The fourth-order valence-electron chi connectivity index (χ4n) is 4.39. The minimum atomic E-state index is -1.09. The fourth-order valence-corrected chi connectivity index (χ4v) is 4.64. The molecule has 1 aliphatic heterocycles. The number of hydrogen-bond acceptors (Lipinski definition) is 6. The van der Waals surface area contributed by atoms with Crippen LogP contribution >= 0.6 is 23.2 Å². The number of aliphatic carboxylic acids is 1. The minimum absolute atomic E-state index is 0.226. The maximum absolute atomic E-state index is 13.4. The number of fused-ring (bicyclic) bond motifs is 1. The van der Waals surface area contributed by atoms with Crippen LogP contribution in [0, 0.1) is 0 Å². The number of carbonyl (C=O) groups is 2. The van der Waals surface area contributed by atoms with Gasteiger partial charge in [0.25, 0.3) is 5.56 Å². The average molecular weight is 536 g/mol. The first-order valence-electron chi connectivity index (χ1n) is 11.3. The molecule has 11 heteroatoms. The van der Waals surface area contributed by atoms with Crippen LogP contribution in [-0.4, -0.2) is 42.7 Å². The van der Waals surface area contributed by atoms with Crippen LogP contribution < -0.4 is 5.56 Å². The normalized spacial score (nSPS) is 15.1. The molecule has 0 bridgehead atoms. The molecule has 0 saturated heterocycles. The number of carboxylic acid groups (broad SMARTS) is 1. The highest BCUT2D eigenvalue weighted by atomic mass is 35.5. The second-order valence-corrected chi connectivity index (χ2v) is 9.32. The van der Waals surface area contributed by atoms with E-state index in [1.807, 2.05) is 0 Å². The lowest BCUT2D eigenvalue weighted by Gasteiger charge is -2.22. The molecule has 0 radical (unpaired) electrons. The number of pyridine rings is 1. The summed E-state index contributed by atoms with van der Waals surface area (Å²) >= 11 is 12.2. The lowest BCUT2D eigenvalue weighted by molar-refractivity contribution is -0.141. The molecule has 0 saturated carbocycles. The van der Waals surface area contributed by atoms with E-state index in [1.54, 1.807) is 54.7 Å². The third-order valence-corrected chi connectivity index (χ3v) is 6.59. The largest absolute Gasteiger partial charge is 0.481 e. The summed E-state index contributed by atoms with van der Waals surface area (Å²) in [6.07, 6.45) is 2.60. The lowest BCUT2D eigenvalue weighted by atomic mass is 9.92. The molecule has 1 aliphatic rings. The number of aromatic amines is 1. The van der Waals surface area contributed by atoms with Gasteiger partial charge in [0, 0.05) is 40.0 Å². The first-order chi connectivity index (χ1) is 17.8. The molecule has 2 aromatic carbocycles. The molecule has 186 valence electrons. The van der Waals surface area contributed by atoms with Crippen LogP contribution in [0.2, 0.25) is 10.0 Å². The number of hydrogen-bond donors (Lipinski definition) is 2. The van der Waals surface area contributed by atoms with Crippen LogP contribution in [0.25, 0.3) is 22.2 Å². The Kier molecular flexibility index (Phi) is 6.73. The second-order valence-electron chi connectivity index (χ2n) is 8.45. The average Bonchev–Trinajstić information content (AvgIpc) is 3.32. The summed E-state index contributed by atoms with van der Waals surface area (Å²) < 4.78 is 0. The first-order valence-corrected chi connectivity index (χ1v) is 12.1. The van der Waals surface area contributed by atoms with Gasteiger partial charge in [-0.25, -0.2) is 15.0 Å². The number of aromatic nitrogens is 3. The Morgan fingerprint density at radius 3 is 2.35 bits per heavy atom. The highest BCUT2D eigenvalue weighted by molar-refractivity contribution is 6.31. The van der Waals surface area contributed by atoms with Gasteiger partial charge >= 0.3 is 5.97 Å². The van der Waals surface area contributed by atoms with Crippen molar-refractivity contribution >= 4 is 51.8 Å². The molecular formula is C26H19Cl2N5O4. The van der Waals surface area contributed by atoms with Crippen LogP contribution in [0.4, 0.5) is 0 Å². The molecule has 2 N–H and O–H groups in total. The van der Waals surface area contributed by atoms with Gasteiger partial charge in [0.1, 0.15) is 12.0 Å². The van der Waals surface area contributed by atoms with Gasteiger partial charge in [-0.15, -0.1) is 0 Å². The zero-order valence-corrected chi connectivity index (χ0v) is 20.7. The molecule has 5 rings (SSSR count). The van der Waals surface area contributed by atoms with Crippen molar-refractivity contribution in [1.29, 1.82) is 0 Å². The van der Waals surface area contributed by atoms with Crippen molar-refractivity contribution < 1.29 is 14.7 Å². The van der Waals surface area contributed by atoms with Crippen molar-refractivity contribution in [3.8, 4) is 11.1 Å². The first kappa shape index (κ1) is 24.6. The Balaban J connectivity index is 1.68. The number of hydrazone groups is 1. The number of benzene rings is 2. The smallest absolute Gasteiger partial charge is 0.303 e. The van der Waals surface area contributed by atoms with E-state index in [0.29, 0.717) is 37.9 Å². The van der Waals surface area contributed by atoms with Crippen LogP contribution in [0.1, 0.15) is 36.4 Å². The third-order valence-electron chi connectivity index (χ3n) is 6.09. The SMILES string of the molecule is O=C(O)CCC(=O)N1N=C(c2c(-c3ccc(Cl)cc3)c3cncnc3[nH]c2=O)C[C@H]1c1ccc(Cl)cc1. The van der Waals surface area contributed by atoms with E-state index in [-0.39, 0.29) is 24.8 Å². The number of halogens is 2. The summed E-state index contributed by atoms with van der Waals surface area (Å²) in [6.45, 7) is 0. The molecule has 0 aliphatic carbocycles. The highest BCUT2D eigenvalue weighted by Crippen LogP contribution is 2.37. The Labute approximate surface area is 220 Å². The van der Waals surface area contributed by atoms with Crippen LogP contribution in [0.3, 0.4) is 0 Å². The summed E-state index contributed by atoms with van der Waals surface area (Å²) in [5, 5.41) is 16.6. The number of nitrogens with zero attached hydrogens (tertiary/aromatic N) is 4. The van der Waals surface area contributed by atoms with E-state index in [2.05, 4.69) is 20.1 Å². The van der Waals surface area contributed by atoms with E-state index in [0.717, 1.165) is 5.56 Å². The summed E-state index contributed by atoms with van der Waals surface area (Å²) in [5.74, 6) is -1.55. The molecule has 9 nitrogen and oxygen atoms in total. The van der Waals surface area contributed by atoms with Crippen molar-refractivity contribution in [2.75, 3.05) is 0 Å². The Bertz CT molecular complexity index is 1600. The maximum atomic E-state index is 13.4. The number of carboxylic acids is 1. The quantitative estimate of drug-likeness (QED) is 0.363. The molecule has 0 unspecified atom stereocenters. The van der Waals surface area contributed by atoms with Gasteiger partial charge in [-0.1, -0.05) is 47.5 Å². The van der Waals surface area contributed by atoms with E-state index < -0.39 is 23.5 Å². The van der Waals surface area contributed by atoms with Crippen molar-refractivity contribution in [1.82, 2.24) is 20.0 Å². The van der Waals surface area contributed by atoms with Crippen molar-refractivity contribution in [2.45, 2.75) is 25.3 Å². The van der Waals surface area contributed by atoms with Gasteiger partial charge in [-0.3, -0.25) is 14.4 Å². The molecule has 2 aromatic heterocycles. The van der Waals surface area contributed by atoms with E-state index in [9.17, 15) is 14.4 Å². The van der Waals surface area contributed by atoms with Crippen molar-refractivity contribution in [3.05, 3.63) is 92.6 Å². The fraction of sp³-hybridized carbons (Fsp3) is 0.154. The predicted molar refractivity (Wildman–Crippen MR) is 140 cm³/mol. The molecule has 37 heavy (non-hydrogen) atoms. The van der Waals surface area contributed by atoms with E-state index in [1.165, 1.54) is 11.3 Å². The summed E-state index contributed by atoms with van der Waals surface area (Å²) in [4.78, 5) is 48.7. The molecule has 4 aromatic rings. The molecule has 1 atom stereocenters. The molecule has 0 spiro atoms. The Hall–Kier alpha value is -4.08. The Morgan fingerprint density at radius 1 is 1.00 bits per heavy atom. The van der Waals surface area contributed by atoms with Crippen LogP contribution in [0.5, 0.6) is 0 Å². The van der Waals surface area contributed by atoms with Gasteiger partial charge in [-0.05, 0) is 35.4 Å². The van der Waals surface area contributed by atoms with Gasteiger partial charge in [0.15, 0.2) is 0 Å². The van der Waals surface area contributed by atoms with Gasteiger partial charge in [0.05, 0.1) is 23.7 Å². The van der Waals surface area contributed by atoms with Gasteiger partial charge in [-0.2, -0.15) is 5.10 Å². The predicted octanol–water partition coefficient (Wildman–Crippen LogP) is 4.83. The highest BCUT2D eigenvalue weighted by Gasteiger charge is 2.35. The molecule has 0 fully saturated rings. The minimum Gasteiger partial charge on any atom is -0.481 e. The van der Waals surface area contributed by atoms with Gasteiger partial charge < -0.3 is 10.1 Å². The molecule has 1 amide bonds. The zero-order chi connectivity index (χ0) is 26.1. The maximum Gasteiger partial charge on any atom is 0.303 e. The Morgan fingerprint density at radius 2 is 1.68 bits per heavy atom. The number of carbonyl (C=O) groups excluding carboxylic acids is 1. The second kappa shape index (κ2) is 10.1. The number of rotatable bonds is 6. The number of H-pyrrole nitrogens is 1. The lowest BCUT2D eigenvalue weighted by Crippen LogP contribution is -2.27. The topological polar surface area (TPSA) is 129 Å². The zero-order valence-electron chi connectivity index (χ0n) is 19.2. The number of amides is 1. The number of nitrogens with one attached hydrogen (secondary N) is 1. The summed E-state index contributed by atoms with van der Waals surface area (Å²) in [6, 6.07) is 13.4. The molecule has 3 heterocycles.